The Hall–Kier alpha value is -2.01. The van der Waals surface area contributed by atoms with Crippen molar-refractivity contribution >= 4 is 17.6 Å². The Morgan fingerprint density at radius 2 is 2.00 bits per heavy atom. The molecule has 2 rings (SSSR count). The topological polar surface area (TPSA) is 75.1 Å². The van der Waals surface area contributed by atoms with E-state index in [1.165, 1.54) is 0 Å². The van der Waals surface area contributed by atoms with Crippen LogP contribution in [0, 0.1) is 6.92 Å². The summed E-state index contributed by atoms with van der Waals surface area (Å²) in [5, 5.41) is 12.0. The predicted molar refractivity (Wildman–Crippen MR) is 67.5 cm³/mol. The molecule has 0 bridgehead atoms. The zero-order chi connectivity index (χ0) is 13.3. The fraction of sp³-hybridized carbons (Fsp3) is 0.167. The first-order valence-corrected chi connectivity index (χ1v) is 5.65. The second-order valence-electron chi connectivity index (χ2n) is 3.89. The van der Waals surface area contributed by atoms with Crippen molar-refractivity contribution in [2.75, 3.05) is 0 Å². The molecule has 5 nitrogen and oxygen atoms in total. The summed E-state index contributed by atoms with van der Waals surface area (Å²) in [5.41, 5.74) is 1.19. The molecule has 0 aliphatic heterocycles. The number of hydrogen-bond donors (Lipinski definition) is 2. The average Bonchev–Trinajstić information content (AvgIpc) is 2.58. The molecule has 1 aromatic carbocycles. The number of aromatic nitrogens is 2. The molecule has 0 unspecified atom stereocenters. The molecular formula is C12H11ClN2O3. The predicted octanol–water partition coefficient (Wildman–Crippen LogP) is 1.75. The lowest BCUT2D eigenvalue weighted by molar-refractivity contribution is -0.136. The van der Waals surface area contributed by atoms with E-state index in [-0.39, 0.29) is 17.5 Å². The maximum Gasteiger partial charge on any atom is 0.308 e. The van der Waals surface area contributed by atoms with Crippen molar-refractivity contribution in [1.82, 2.24) is 9.78 Å². The molecule has 0 saturated heterocycles. The highest BCUT2D eigenvalue weighted by molar-refractivity contribution is 6.30. The molecule has 1 aromatic heterocycles. The lowest BCUT2D eigenvalue weighted by Gasteiger charge is -2.05. The molecule has 0 aliphatic carbocycles. The number of aliphatic carboxylic acids is 1. The molecule has 2 N–H and O–H groups in total. The van der Waals surface area contributed by atoms with E-state index >= 15 is 0 Å². The van der Waals surface area contributed by atoms with Gasteiger partial charge in [0.05, 0.1) is 17.7 Å². The van der Waals surface area contributed by atoms with Crippen LogP contribution in [0.4, 0.5) is 0 Å². The zero-order valence-corrected chi connectivity index (χ0v) is 10.4. The zero-order valence-electron chi connectivity index (χ0n) is 9.61. The Balaban J connectivity index is 2.50. The Labute approximate surface area is 108 Å². The van der Waals surface area contributed by atoms with Crippen LogP contribution in [0.15, 0.2) is 29.1 Å². The van der Waals surface area contributed by atoms with E-state index in [9.17, 15) is 9.59 Å². The van der Waals surface area contributed by atoms with E-state index < -0.39 is 5.97 Å². The second kappa shape index (κ2) is 4.70. The average molecular weight is 267 g/mol. The van der Waals surface area contributed by atoms with Crippen molar-refractivity contribution in [2.24, 2.45) is 0 Å². The van der Waals surface area contributed by atoms with E-state index in [1.807, 2.05) is 0 Å². The number of rotatable bonds is 3. The Morgan fingerprint density at radius 3 is 2.56 bits per heavy atom. The van der Waals surface area contributed by atoms with Gasteiger partial charge in [-0.2, -0.15) is 0 Å². The number of aromatic amines is 1. The number of hydrogen-bond acceptors (Lipinski definition) is 2. The number of halogens is 1. The van der Waals surface area contributed by atoms with Gasteiger partial charge in [0.15, 0.2) is 0 Å². The van der Waals surface area contributed by atoms with E-state index in [2.05, 4.69) is 5.10 Å². The van der Waals surface area contributed by atoms with Gasteiger partial charge in [-0.25, -0.2) is 0 Å². The van der Waals surface area contributed by atoms with Crippen molar-refractivity contribution < 1.29 is 9.90 Å². The maximum absolute atomic E-state index is 11.7. The smallest absolute Gasteiger partial charge is 0.308 e. The molecule has 0 fully saturated rings. The molecule has 1 heterocycles. The SMILES string of the molecule is Cc1c(CC(=O)O)c(=O)[nH]n1-c1ccc(Cl)cc1. The number of nitrogens with zero attached hydrogens (tertiary/aromatic N) is 1. The quantitative estimate of drug-likeness (QED) is 0.889. The Bertz CT molecular complexity index is 640. The van der Waals surface area contributed by atoms with E-state index in [0.29, 0.717) is 10.7 Å². The first kappa shape index (κ1) is 12.4. The van der Waals surface area contributed by atoms with E-state index in [1.54, 1.807) is 35.9 Å². The molecule has 2 aromatic rings. The van der Waals surface area contributed by atoms with Crippen LogP contribution >= 0.6 is 11.6 Å². The van der Waals surface area contributed by atoms with Gasteiger partial charge in [0, 0.05) is 10.7 Å². The van der Waals surface area contributed by atoms with E-state index in [4.69, 9.17) is 16.7 Å². The van der Waals surface area contributed by atoms with Gasteiger partial charge in [-0.15, -0.1) is 0 Å². The molecule has 18 heavy (non-hydrogen) atoms. The molecule has 94 valence electrons. The molecular weight excluding hydrogens is 256 g/mol. The Morgan fingerprint density at radius 1 is 1.39 bits per heavy atom. The summed E-state index contributed by atoms with van der Waals surface area (Å²) in [6.45, 7) is 1.70. The fourth-order valence-corrected chi connectivity index (χ4v) is 1.89. The standard InChI is InChI=1S/C12H11ClN2O3/c1-7-10(6-11(16)17)12(18)14-15(7)9-4-2-8(13)3-5-9/h2-5H,6H2,1H3,(H,14,18)(H,16,17). The van der Waals surface area contributed by atoms with Crippen LogP contribution in [0.2, 0.25) is 5.02 Å². The minimum absolute atomic E-state index is 0.262. The van der Waals surface area contributed by atoms with Gasteiger partial charge < -0.3 is 5.11 Å². The lowest BCUT2D eigenvalue weighted by atomic mass is 10.2. The summed E-state index contributed by atoms with van der Waals surface area (Å²) < 4.78 is 1.55. The number of carboxylic acids is 1. The van der Waals surface area contributed by atoms with Crippen LogP contribution in [-0.4, -0.2) is 20.9 Å². The summed E-state index contributed by atoms with van der Waals surface area (Å²) in [4.78, 5) is 22.4. The highest BCUT2D eigenvalue weighted by atomic mass is 35.5. The van der Waals surface area contributed by atoms with Crippen LogP contribution in [0.1, 0.15) is 11.3 Å². The van der Waals surface area contributed by atoms with Crippen molar-refractivity contribution in [1.29, 1.82) is 0 Å². The number of H-pyrrole nitrogens is 1. The first-order valence-electron chi connectivity index (χ1n) is 5.27. The largest absolute Gasteiger partial charge is 0.481 e. The third-order valence-corrected chi connectivity index (χ3v) is 2.92. The highest BCUT2D eigenvalue weighted by Gasteiger charge is 2.14. The van der Waals surface area contributed by atoms with E-state index in [0.717, 1.165) is 5.69 Å². The molecule has 0 saturated carbocycles. The number of nitrogens with one attached hydrogen (secondary N) is 1. The molecule has 0 aliphatic rings. The third kappa shape index (κ3) is 2.31. The summed E-state index contributed by atoms with van der Waals surface area (Å²) in [5.74, 6) is -1.03. The fourth-order valence-electron chi connectivity index (χ4n) is 1.76. The summed E-state index contributed by atoms with van der Waals surface area (Å²) in [6.07, 6.45) is -0.290. The maximum atomic E-state index is 11.7. The van der Waals surface area contributed by atoms with Gasteiger partial charge in [0.25, 0.3) is 5.56 Å². The molecule has 0 atom stereocenters. The third-order valence-electron chi connectivity index (χ3n) is 2.67. The summed E-state index contributed by atoms with van der Waals surface area (Å²) in [7, 11) is 0. The van der Waals surface area contributed by atoms with Crippen molar-refractivity contribution in [2.45, 2.75) is 13.3 Å². The molecule has 0 amide bonds. The van der Waals surface area contributed by atoms with Gasteiger partial charge >= 0.3 is 5.97 Å². The summed E-state index contributed by atoms with van der Waals surface area (Å²) >= 11 is 5.79. The lowest BCUT2D eigenvalue weighted by Crippen LogP contribution is -2.11. The molecule has 6 heteroatoms. The first-order chi connectivity index (χ1) is 8.49. The van der Waals surface area contributed by atoms with Gasteiger partial charge in [-0.05, 0) is 31.2 Å². The molecule has 0 spiro atoms. The number of carbonyl (C=O) groups is 1. The van der Waals surface area contributed by atoms with Crippen LogP contribution in [0.3, 0.4) is 0 Å². The van der Waals surface area contributed by atoms with Crippen LogP contribution < -0.4 is 5.56 Å². The van der Waals surface area contributed by atoms with Crippen molar-refractivity contribution in [3.8, 4) is 5.69 Å². The van der Waals surface area contributed by atoms with Crippen LogP contribution in [0.25, 0.3) is 5.69 Å². The molecule has 0 radical (unpaired) electrons. The van der Waals surface area contributed by atoms with Gasteiger partial charge in [0.1, 0.15) is 0 Å². The van der Waals surface area contributed by atoms with Gasteiger partial charge in [0.2, 0.25) is 0 Å². The van der Waals surface area contributed by atoms with Gasteiger partial charge in [-0.3, -0.25) is 19.4 Å². The van der Waals surface area contributed by atoms with Crippen LogP contribution in [-0.2, 0) is 11.2 Å². The van der Waals surface area contributed by atoms with Crippen molar-refractivity contribution in [3.63, 3.8) is 0 Å². The summed E-state index contributed by atoms with van der Waals surface area (Å²) in [6, 6.07) is 6.89. The number of carboxylic acid groups (broad SMARTS) is 1. The minimum Gasteiger partial charge on any atom is -0.481 e. The van der Waals surface area contributed by atoms with Crippen molar-refractivity contribution in [3.05, 3.63) is 50.9 Å². The van der Waals surface area contributed by atoms with Crippen LogP contribution in [0.5, 0.6) is 0 Å². The number of benzene rings is 1. The second-order valence-corrected chi connectivity index (χ2v) is 4.32. The normalized spacial score (nSPS) is 10.6. The highest BCUT2D eigenvalue weighted by Crippen LogP contribution is 2.15. The Kier molecular flexibility index (Phi) is 3.25. The van der Waals surface area contributed by atoms with Gasteiger partial charge in [-0.1, -0.05) is 11.6 Å². The monoisotopic (exact) mass is 266 g/mol. The minimum atomic E-state index is -1.03.